The van der Waals surface area contributed by atoms with Gasteiger partial charge in [-0.05, 0) is 44.7 Å². The van der Waals surface area contributed by atoms with E-state index in [0.717, 1.165) is 11.6 Å². The topological polar surface area (TPSA) is 16.1 Å². The van der Waals surface area contributed by atoms with Gasteiger partial charge in [0.25, 0.3) is 0 Å². The fourth-order valence-corrected chi connectivity index (χ4v) is 2.06. The molecule has 1 aromatic rings. The van der Waals surface area contributed by atoms with Gasteiger partial charge in [-0.3, -0.25) is 4.98 Å². The first-order valence-corrected chi connectivity index (χ1v) is 6.51. The Morgan fingerprint density at radius 3 is 2.81 bits per heavy atom. The van der Waals surface area contributed by atoms with Crippen LogP contribution in [0.2, 0.25) is 0 Å². The first kappa shape index (κ1) is 11.7. The summed E-state index contributed by atoms with van der Waals surface area (Å²) < 4.78 is 0. The van der Waals surface area contributed by atoms with Crippen LogP contribution < -0.4 is 4.90 Å². The summed E-state index contributed by atoms with van der Waals surface area (Å²) in [6.45, 7) is 5.65. The van der Waals surface area contributed by atoms with Gasteiger partial charge in [-0.15, -0.1) is 11.6 Å². The molecule has 1 heterocycles. The van der Waals surface area contributed by atoms with Gasteiger partial charge in [0.2, 0.25) is 0 Å². The van der Waals surface area contributed by atoms with Crippen molar-refractivity contribution in [3.05, 3.63) is 24.0 Å². The molecule has 0 amide bonds. The number of aromatic nitrogens is 1. The predicted octanol–water partition coefficient (Wildman–Crippen LogP) is 3.45. The Labute approximate surface area is 103 Å². The molecule has 0 aromatic carbocycles. The van der Waals surface area contributed by atoms with Crippen LogP contribution >= 0.6 is 11.6 Å². The smallest absolute Gasteiger partial charge is 0.0648 e. The molecule has 0 N–H and O–H groups in total. The lowest BCUT2D eigenvalue weighted by molar-refractivity contribution is 0.644. The van der Waals surface area contributed by atoms with E-state index in [2.05, 4.69) is 35.9 Å². The number of anilines is 1. The van der Waals surface area contributed by atoms with E-state index in [9.17, 15) is 0 Å². The highest BCUT2D eigenvalue weighted by Crippen LogP contribution is 2.32. The summed E-state index contributed by atoms with van der Waals surface area (Å²) in [5.41, 5.74) is 2.22. The summed E-state index contributed by atoms with van der Waals surface area (Å²) in [6, 6.07) is 4.72. The van der Waals surface area contributed by atoms with Crippen molar-refractivity contribution in [2.45, 2.75) is 38.6 Å². The average Bonchev–Trinajstić information content (AvgIpc) is 3.09. The van der Waals surface area contributed by atoms with Gasteiger partial charge in [-0.2, -0.15) is 0 Å². The maximum atomic E-state index is 5.82. The molecule has 1 aliphatic rings. The summed E-state index contributed by atoms with van der Waals surface area (Å²) in [6.07, 6.45) is 4.63. The zero-order valence-corrected chi connectivity index (χ0v) is 10.7. The molecule has 0 radical (unpaired) electrons. The maximum Gasteiger partial charge on any atom is 0.0648 e. The third-order valence-corrected chi connectivity index (χ3v) is 3.32. The zero-order chi connectivity index (χ0) is 11.5. The molecule has 0 aliphatic heterocycles. The quantitative estimate of drug-likeness (QED) is 0.731. The maximum absolute atomic E-state index is 5.82. The lowest BCUT2D eigenvalue weighted by atomic mass is 10.2. The Hall–Kier alpha value is -0.760. The van der Waals surface area contributed by atoms with Gasteiger partial charge < -0.3 is 4.90 Å². The molecular formula is C13H19ClN2. The largest absolute Gasteiger partial charge is 0.369 e. The van der Waals surface area contributed by atoms with Crippen molar-refractivity contribution in [1.82, 2.24) is 4.98 Å². The normalized spacial score (nSPS) is 15.5. The monoisotopic (exact) mass is 238 g/mol. The molecule has 2 nitrogen and oxygen atoms in total. The Morgan fingerprint density at radius 2 is 2.25 bits per heavy atom. The van der Waals surface area contributed by atoms with Crippen LogP contribution in [0.15, 0.2) is 18.3 Å². The van der Waals surface area contributed by atoms with Crippen molar-refractivity contribution in [1.29, 1.82) is 0 Å². The summed E-state index contributed by atoms with van der Waals surface area (Å²) in [5, 5.41) is 0. The number of halogens is 1. The molecule has 1 saturated carbocycles. The fourth-order valence-electron chi connectivity index (χ4n) is 1.91. The number of rotatable bonds is 5. The second-order valence-corrected chi connectivity index (χ2v) is 5.10. The van der Waals surface area contributed by atoms with E-state index < -0.39 is 0 Å². The van der Waals surface area contributed by atoms with Crippen LogP contribution in [0.3, 0.4) is 0 Å². The highest BCUT2D eigenvalue weighted by molar-refractivity contribution is 6.16. The molecule has 0 spiro atoms. The lowest BCUT2D eigenvalue weighted by Crippen LogP contribution is -2.32. The molecule has 1 fully saturated rings. The third kappa shape index (κ3) is 2.88. The molecule has 0 bridgehead atoms. The molecule has 1 aromatic heterocycles. The van der Waals surface area contributed by atoms with Gasteiger partial charge in [-0.25, -0.2) is 0 Å². The molecule has 1 aliphatic carbocycles. The summed E-state index contributed by atoms with van der Waals surface area (Å²) in [7, 11) is 0. The van der Waals surface area contributed by atoms with Gasteiger partial charge in [-0.1, -0.05) is 0 Å². The number of alkyl halides is 1. The molecule has 3 heteroatoms. The van der Waals surface area contributed by atoms with Crippen LogP contribution in [0.1, 0.15) is 32.4 Å². The summed E-state index contributed by atoms with van der Waals surface area (Å²) >= 11 is 5.82. The van der Waals surface area contributed by atoms with Crippen molar-refractivity contribution in [3.8, 4) is 0 Å². The van der Waals surface area contributed by atoms with E-state index in [1.165, 1.54) is 25.1 Å². The average molecular weight is 239 g/mol. The van der Waals surface area contributed by atoms with Crippen LogP contribution in [-0.4, -0.2) is 17.6 Å². The van der Waals surface area contributed by atoms with Crippen LogP contribution in [0.5, 0.6) is 0 Å². The molecule has 0 unspecified atom stereocenters. The van der Waals surface area contributed by atoms with E-state index in [0.29, 0.717) is 11.9 Å². The van der Waals surface area contributed by atoms with Crippen molar-refractivity contribution in [2.75, 3.05) is 11.4 Å². The SMILES string of the molecule is CC(C)N(CC1CC1)c1ccnc(CCl)c1. The minimum absolute atomic E-state index is 0.489. The molecule has 0 saturated heterocycles. The van der Waals surface area contributed by atoms with Crippen molar-refractivity contribution in [2.24, 2.45) is 5.92 Å². The number of hydrogen-bond donors (Lipinski definition) is 0. The minimum atomic E-state index is 0.489. The van der Waals surface area contributed by atoms with Crippen molar-refractivity contribution < 1.29 is 0 Å². The van der Waals surface area contributed by atoms with Gasteiger partial charge in [0, 0.05) is 24.5 Å². The molecule has 0 atom stereocenters. The Bertz CT molecular complexity index is 348. The highest BCUT2D eigenvalue weighted by atomic mass is 35.5. The number of hydrogen-bond acceptors (Lipinski definition) is 2. The fraction of sp³-hybridized carbons (Fsp3) is 0.615. The predicted molar refractivity (Wildman–Crippen MR) is 69.0 cm³/mol. The molecular weight excluding hydrogens is 220 g/mol. The minimum Gasteiger partial charge on any atom is -0.369 e. The number of nitrogens with zero attached hydrogens (tertiary/aromatic N) is 2. The van der Waals surface area contributed by atoms with Crippen LogP contribution in [0, 0.1) is 5.92 Å². The van der Waals surface area contributed by atoms with Gasteiger partial charge in [0.1, 0.15) is 0 Å². The van der Waals surface area contributed by atoms with Crippen molar-refractivity contribution >= 4 is 17.3 Å². The molecule has 2 rings (SSSR count). The van der Waals surface area contributed by atoms with Gasteiger partial charge in [0.05, 0.1) is 11.6 Å². The number of pyridine rings is 1. The van der Waals surface area contributed by atoms with E-state index in [1.807, 2.05) is 6.20 Å². The van der Waals surface area contributed by atoms with Crippen LogP contribution in [0.4, 0.5) is 5.69 Å². The second kappa shape index (κ2) is 5.05. The Balaban J connectivity index is 2.15. The van der Waals surface area contributed by atoms with E-state index in [-0.39, 0.29) is 0 Å². The first-order chi connectivity index (χ1) is 7.70. The highest BCUT2D eigenvalue weighted by Gasteiger charge is 2.25. The molecule has 16 heavy (non-hydrogen) atoms. The van der Waals surface area contributed by atoms with E-state index >= 15 is 0 Å². The summed E-state index contributed by atoms with van der Waals surface area (Å²) in [4.78, 5) is 6.69. The second-order valence-electron chi connectivity index (χ2n) is 4.83. The van der Waals surface area contributed by atoms with Gasteiger partial charge in [0.15, 0.2) is 0 Å². The molecule has 88 valence electrons. The Morgan fingerprint density at radius 1 is 1.50 bits per heavy atom. The van der Waals surface area contributed by atoms with Crippen molar-refractivity contribution in [3.63, 3.8) is 0 Å². The standard InChI is InChI=1S/C13H19ClN2/c1-10(2)16(9-11-3-4-11)13-5-6-15-12(7-13)8-14/h5-7,10-11H,3-4,8-9H2,1-2H3. The first-order valence-electron chi connectivity index (χ1n) is 5.98. The third-order valence-electron chi connectivity index (χ3n) is 3.04. The van der Waals surface area contributed by atoms with E-state index in [1.54, 1.807) is 0 Å². The Kier molecular flexibility index (Phi) is 3.70. The summed E-state index contributed by atoms with van der Waals surface area (Å²) in [5.74, 6) is 1.39. The van der Waals surface area contributed by atoms with Crippen LogP contribution in [0.25, 0.3) is 0 Å². The lowest BCUT2D eigenvalue weighted by Gasteiger charge is -2.29. The zero-order valence-electron chi connectivity index (χ0n) is 9.99. The van der Waals surface area contributed by atoms with Gasteiger partial charge >= 0.3 is 0 Å². The van der Waals surface area contributed by atoms with Crippen LogP contribution in [-0.2, 0) is 5.88 Å². The van der Waals surface area contributed by atoms with E-state index in [4.69, 9.17) is 11.6 Å².